The van der Waals surface area contributed by atoms with E-state index in [2.05, 4.69) is 5.32 Å². The molecule has 0 spiro atoms. The summed E-state index contributed by atoms with van der Waals surface area (Å²) >= 11 is 0. The van der Waals surface area contributed by atoms with Crippen molar-refractivity contribution in [3.8, 4) is 6.07 Å². The summed E-state index contributed by atoms with van der Waals surface area (Å²) in [5, 5.41) is 19.5. The monoisotopic (exact) mass is 282 g/mol. The summed E-state index contributed by atoms with van der Waals surface area (Å²) in [6.45, 7) is 0. The Kier molecular flexibility index (Phi) is 5.59. The first kappa shape index (κ1) is 15.6. The van der Waals surface area contributed by atoms with E-state index in [1.807, 2.05) is 6.07 Å². The molecule has 0 saturated carbocycles. The zero-order valence-corrected chi connectivity index (χ0v) is 10.4. The Labute approximate surface area is 113 Å². The maximum absolute atomic E-state index is 13.0. The number of carboxylic acid groups (broad SMARTS) is 1. The Morgan fingerprint density at radius 2 is 1.90 bits per heavy atom. The van der Waals surface area contributed by atoms with Crippen LogP contribution in [0.2, 0.25) is 0 Å². The van der Waals surface area contributed by atoms with Gasteiger partial charge in [-0.2, -0.15) is 5.26 Å². The van der Waals surface area contributed by atoms with E-state index in [0.717, 1.165) is 12.1 Å². The number of carbonyl (C=O) groups excluding carboxylic acids is 1. The van der Waals surface area contributed by atoms with Crippen molar-refractivity contribution in [2.75, 3.05) is 0 Å². The molecule has 0 aliphatic heterocycles. The van der Waals surface area contributed by atoms with Crippen LogP contribution in [-0.2, 0) is 4.79 Å². The highest BCUT2D eigenvalue weighted by Crippen LogP contribution is 2.09. The molecule has 2 N–H and O–H groups in total. The maximum Gasteiger partial charge on any atom is 0.326 e. The summed E-state index contributed by atoms with van der Waals surface area (Å²) < 4.78 is 25.9. The number of benzene rings is 1. The summed E-state index contributed by atoms with van der Waals surface area (Å²) in [5.41, 5.74) is -0.297. The predicted molar refractivity (Wildman–Crippen MR) is 64.7 cm³/mol. The van der Waals surface area contributed by atoms with Gasteiger partial charge in [0.25, 0.3) is 5.91 Å². The summed E-state index contributed by atoms with van der Waals surface area (Å²) in [6.07, 6.45) is 0.520. The van der Waals surface area contributed by atoms with E-state index in [0.29, 0.717) is 12.5 Å². The van der Waals surface area contributed by atoms with Crippen molar-refractivity contribution in [1.82, 2.24) is 5.32 Å². The average Bonchev–Trinajstić information content (AvgIpc) is 2.36. The second kappa shape index (κ2) is 7.19. The van der Waals surface area contributed by atoms with Crippen LogP contribution in [-0.4, -0.2) is 23.0 Å². The van der Waals surface area contributed by atoms with Gasteiger partial charge in [0.1, 0.15) is 17.7 Å². The summed E-state index contributed by atoms with van der Waals surface area (Å²) in [4.78, 5) is 22.7. The number of nitriles is 1. The van der Waals surface area contributed by atoms with Gasteiger partial charge in [0.15, 0.2) is 0 Å². The van der Waals surface area contributed by atoms with Gasteiger partial charge in [0, 0.05) is 18.1 Å². The van der Waals surface area contributed by atoms with Gasteiger partial charge in [-0.15, -0.1) is 0 Å². The standard InChI is InChI=1S/C13H12F2N2O3/c14-9-5-8(6-10(15)7-9)12(18)17-11(13(19)20)3-1-2-4-16/h5-7,11H,1-3H2,(H,17,18)(H,19,20)/t11-/m1/s1. The predicted octanol–water partition coefficient (Wildman–Crippen LogP) is 1.84. The minimum absolute atomic E-state index is 0.0619. The molecule has 1 atom stereocenters. The van der Waals surface area contributed by atoms with Crippen molar-refractivity contribution >= 4 is 11.9 Å². The van der Waals surface area contributed by atoms with E-state index in [1.54, 1.807) is 0 Å². The topological polar surface area (TPSA) is 90.2 Å². The molecule has 5 nitrogen and oxygen atoms in total. The van der Waals surface area contributed by atoms with Crippen LogP contribution < -0.4 is 5.32 Å². The number of nitrogens with zero attached hydrogens (tertiary/aromatic N) is 1. The summed E-state index contributed by atoms with van der Waals surface area (Å²) in [5.74, 6) is -4.00. The highest BCUT2D eigenvalue weighted by atomic mass is 19.1. The van der Waals surface area contributed by atoms with Crippen LogP contribution in [0.5, 0.6) is 0 Å². The van der Waals surface area contributed by atoms with Crippen molar-refractivity contribution in [3.05, 3.63) is 35.4 Å². The van der Waals surface area contributed by atoms with Gasteiger partial charge in [-0.05, 0) is 25.0 Å². The first-order valence-electron chi connectivity index (χ1n) is 5.80. The molecule has 0 heterocycles. The van der Waals surface area contributed by atoms with Crippen LogP contribution in [0.3, 0.4) is 0 Å². The van der Waals surface area contributed by atoms with Gasteiger partial charge >= 0.3 is 5.97 Å². The van der Waals surface area contributed by atoms with Crippen LogP contribution >= 0.6 is 0 Å². The van der Waals surface area contributed by atoms with Crippen molar-refractivity contribution < 1.29 is 23.5 Å². The van der Waals surface area contributed by atoms with Crippen LogP contribution in [0.25, 0.3) is 0 Å². The molecule has 1 aromatic rings. The van der Waals surface area contributed by atoms with Crippen molar-refractivity contribution in [3.63, 3.8) is 0 Å². The summed E-state index contributed by atoms with van der Waals surface area (Å²) in [6, 6.07) is 2.88. The van der Waals surface area contributed by atoms with Gasteiger partial charge in [-0.25, -0.2) is 13.6 Å². The molecule has 0 aliphatic carbocycles. The minimum Gasteiger partial charge on any atom is -0.480 e. The zero-order valence-electron chi connectivity index (χ0n) is 10.4. The highest BCUT2D eigenvalue weighted by Gasteiger charge is 2.20. The van der Waals surface area contributed by atoms with E-state index in [4.69, 9.17) is 10.4 Å². The zero-order chi connectivity index (χ0) is 15.1. The second-order valence-electron chi connectivity index (χ2n) is 4.07. The molecule has 7 heteroatoms. The van der Waals surface area contributed by atoms with Gasteiger partial charge < -0.3 is 10.4 Å². The first-order valence-corrected chi connectivity index (χ1v) is 5.80. The lowest BCUT2D eigenvalue weighted by atomic mass is 10.1. The fraction of sp³-hybridized carbons (Fsp3) is 0.308. The van der Waals surface area contributed by atoms with E-state index in [9.17, 15) is 18.4 Å². The van der Waals surface area contributed by atoms with Gasteiger partial charge in [0.05, 0.1) is 6.07 Å². The Balaban J connectivity index is 2.75. The van der Waals surface area contributed by atoms with E-state index >= 15 is 0 Å². The van der Waals surface area contributed by atoms with Crippen LogP contribution in [0.4, 0.5) is 8.78 Å². The number of hydrogen-bond donors (Lipinski definition) is 2. The number of unbranched alkanes of at least 4 members (excludes halogenated alkanes) is 1. The lowest BCUT2D eigenvalue weighted by molar-refractivity contribution is -0.139. The average molecular weight is 282 g/mol. The van der Waals surface area contributed by atoms with Crippen LogP contribution in [0.1, 0.15) is 29.6 Å². The quantitative estimate of drug-likeness (QED) is 0.779. The SMILES string of the molecule is N#CCCC[C@@H](NC(=O)c1cc(F)cc(F)c1)C(=O)O. The molecular formula is C13H12F2N2O3. The fourth-order valence-corrected chi connectivity index (χ4v) is 1.57. The number of aliphatic carboxylic acids is 1. The van der Waals surface area contributed by atoms with Crippen molar-refractivity contribution in [1.29, 1.82) is 5.26 Å². The highest BCUT2D eigenvalue weighted by molar-refractivity contribution is 5.96. The Bertz CT molecular complexity index is 535. The molecule has 20 heavy (non-hydrogen) atoms. The van der Waals surface area contributed by atoms with E-state index in [-0.39, 0.29) is 18.4 Å². The molecule has 0 saturated heterocycles. The molecule has 0 aliphatic rings. The molecule has 0 aromatic heterocycles. The lowest BCUT2D eigenvalue weighted by Gasteiger charge is -2.13. The third-order valence-electron chi connectivity index (χ3n) is 2.51. The van der Waals surface area contributed by atoms with Crippen molar-refractivity contribution in [2.24, 2.45) is 0 Å². The Morgan fingerprint density at radius 3 is 2.40 bits per heavy atom. The van der Waals surface area contributed by atoms with E-state index < -0.39 is 29.6 Å². The maximum atomic E-state index is 13.0. The molecule has 106 valence electrons. The molecule has 0 unspecified atom stereocenters. The molecule has 1 rings (SSSR count). The van der Waals surface area contributed by atoms with Gasteiger partial charge in [-0.3, -0.25) is 4.79 Å². The van der Waals surface area contributed by atoms with Crippen molar-refractivity contribution in [2.45, 2.75) is 25.3 Å². The number of amides is 1. The van der Waals surface area contributed by atoms with Crippen LogP contribution in [0, 0.1) is 23.0 Å². The first-order chi connectivity index (χ1) is 9.43. The number of halogens is 2. The number of rotatable bonds is 6. The number of carbonyl (C=O) groups is 2. The molecule has 0 radical (unpaired) electrons. The molecular weight excluding hydrogens is 270 g/mol. The normalized spacial score (nSPS) is 11.4. The molecule has 0 bridgehead atoms. The number of carboxylic acids is 1. The molecule has 1 amide bonds. The fourth-order valence-electron chi connectivity index (χ4n) is 1.57. The minimum atomic E-state index is -1.27. The Hall–Kier alpha value is -2.49. The largest absolute Gasteiger partial charge is 0.480 e. The van der Waals surface area contributed by atoms with Gasteiger partial charge in [0.2, 0.25) is 0 Å². The molecule has 1 aromatic carbocycles. The third kappa shape index (κ3) is 4.65. The third-order valence-corrected chi connectivity index (χ3v) is 2.51. The number of hydrogen-bond acceptors (Lipinski definition) is 3. The van der Waals surface area contributed by atoms with Crippen LogP contribution in [0.15, 0.2) is 18.2 Å². The second-order valence-corrected chi connectivity index (χ2v) is 4.07. The molecule has 0 fully saturated rings. The summed E-state index contributed by atoms with van der Waals surface area (Å²) in [7, 11) is 0. The smallest absolute Gasteiger partial charge is 0.326 e. The van der Waals surface area contributed by atoms with E-state index in [1.165, 1.54) is 0 Å². The lowest BCUT2D eigenvalue weighted by Crippen LogP contribution is -2.40. The Morgan fingerprint density at radius 1 is 1.30 bits per heavy atom. The van der Waals surface area contributed by atoms with Gasteiger partial charge in [-0.1, -0.05) is 0 Å². The number of nitrogens with one attached hydrogen (secondary N) is 1.